The summed E-state index contributed by atoms with van der Waals surface area (Å²) in [5, 5.41) is 1.90. The monoisotopic (exact) mass is 346 g/mol. The summed E-state index contributed by atoms with van der Waals surface area (Å²) in [5.74, 6) is 1.18. The van der Waals surface area contributed by atoms with Gasteiger partial charge >= 0.3 is 0 Å². The number of aromatic nitrogens is 2. The van der Waals surface area contributed by atoms with Crippen LogP contribution >= 0.6 is 47.2 Å². The van der Waals surface area contributed by atoms with Gasteiger partial charge in [-0.25, -0.2) is 0 Å². The predicted molar refractivity (Wildman–Crippen MR) is 92.0 cm³/mol. The minimum absolute atomic E-state index is 0.470. The third-order valence-electron chi connectivity index (χ3n) is 3.88. The number of benzene rings is 1. The number of hydrogen-bond acceptors (Lipinski definition) is 2. The van der Waals surface area contributed by atoms with Crippen LogP contribution in [0.2, 0.25) is 10.0 Å². The lowest BCUT2D eigenvalue weighted by Crippen LogP contribution is -2.06. The first-order chi connectivity index (χ1) is 9.60. The Morgan fingerprint density at radius 2 is 2.10 bits per heavy atom. The molecule has 0 bridgehead atoms. The average Bonchev–Trinajstić information content (AvgIpc) is 2.95. The average molecular weight is 347 g/mol. The minimum Gasteiger partial charge on any atom is -0.331 e. The van der Waals surface area contributed by atoms with Gasteiger partial charge < -0.3 is 9.55 Å². The Kier molecular flexibility index (Phi) is 4.37. The Morgan fingerprint density at radius 3 is 2.85 bits per heavy atom. The molecule has 1 fully saturated rings. The Balaban J connectivity index is 2.02. The second-order valence-corrected chi connectivity index (χ2v) is 7.91. The Hall–Kier alpha value is -0.160. The molecule has 2 aromatic rings. The van der Waals surface area contributed by atoms with Gasteiger partial charge in [-0.15, -0.1) is 0 Å². The number of thioether (sulfide) groups is 1. The van der Waals surface area contributed by atoms with Crippen molar-refractivity contribution in [1.82, 2.24) is 9.55 Å². The zero-order valence-electron chi connectivity index (χ0n) is 11.2. The number of aromatic amines is 1. The molecular formula is C14H16Cl2N2S2. The molecule has 0 radical (unpaired) electrons. The minimum atomic E-state index is 0.470. The van der Waals surface area contributed by atoms with Crippen molar-refractivity contribution in [2.75, 3.05) is 5.75 Å². The van der Waals surface area contributed by atoms with Crippen molar-refractivity contribution in [3.05, 3.63) is 26.9 Å². The van der Waals surface area contributed by atoms with Crippen LogP contribution in [0, 0.1) is 4.77 Å². The Labute approximate surface area is 137 Å². The van der Waals surface area contributed by atoms with Crippen LogP contribution < -0.4 is 0 Å². The maximum absolute atomic E-state index is 6.16. The van der Waals surface area contributed by atoms with Gasteiger partial charge in [0, 0.05) is 11.3 Å². The first kappa shape index (κ1) is 14.8. The molecule has 1 aromatic heterocycles. The second kappa shape index (κ2) is 5.91. The molecule has 1 N–H and O–H groups in total. The van der Waals surface area contributed by atoms with Gasteiger partial charge in [0.2, 0.25) is 0 Å². The molecule has 0 amide bonds. The molecule has 2 nitrogen and oxygen atoms in total. The number of H-pyrrole nitrogens is 1. The highest BCUT2D eigenvalue weighted by Crippen LogP contribution is 2.39. The molecule has 2 unspecified atom stereocenters. The first-order valence-corrected chi connectivity index (χ1v) is 9.02. The summed E-state index contributed by atoms with van der Waals surface area (Å²) < 4.78 is 2.99. The van der Waals surface area contributed by atoms with Crippen molar-refractivity contribution in [1.29, 1.82) is 0 Å². The lowest BCUT2D eigenvalue weighted by atomic mass is 10.2. The van der Waals surface area contributed by atoms with Crippen LogP contribution in [0.3, 0.4) is 0 Å². The maximum Gasteiger partial charge on any atom is 0.178 e. The quantitative estimate of drug-likeness (QED) is 0.703. The molecule has 2 atom stereocenters. The number of imidazole rings is 1. The van der Waals surface area contributed by atoms with E-state index in [1.54, 1.807) is 0 Å². The molecule has 3 rings (SSSR count). The van der Waals surface area contributed by atoms with Gasteiger partial charge in [0.25, 0.3) is 0 Å². The van der Waals surface area contributed by atoms with Crippen LogP contribution in [0.4, 0.5) is 0 Å². The molecule has 0 aliphatic heterocycles. The number of hydrogen-bond donors (Lipinski definition) is 1. The van der Waals surface area contributed by atoms with E-state index in [2.05, 4.69) is 28.2 Å². The molecule has 1 aliphatic rings. The second-order valence-electron chi connectivity index (χ2n) is 5.13. The summed E-state index contributed by atoms with van der Waals surface area (Å²) in [5.41, 5.74) is 2.03. The van der Waals surface area contributed by atoms with Crippen LogP contribution in [0.5, 0.6) is 0 Å². The van der Waals surface area contributed by atoms with E-state index < -0.39 is 0 Å². The summed E-state index contributed by atoms with van der Waals surface area (Å²) in [6.07, 6.45) is 3.62. The van der Waals surface area contributed by atoms with Crippen LogP contribution in [-0.4, -0.2) is 20.6 Å². The zero-order valence-corrected chi connectivity index (χ0v) is 14.3. The highest BCUT2D eigenvalue weighted by Gasteiger charge is 2.27. The van der Waals surface area contributed by atoms with Gasteiger partial charge in [0.1, 0.15) is 0 Å². The number of nitrogens with zero attached hydrogens (tertiary/aromatic N) is 1. The SMILES string of the molecule is CCSC1CCC(n2c(=S)[nH]c3cc(Cl)c(Cl)cc32)C1. The largest absolute Gasteiger partial charge is 0.331 e. The fourth-order valence-electron chi connectivity index (χ4n) is 3.02. The van der Waals surface area contributed by atoms with Crippen molar-refractivity contribution >= 4 is 58.2 Å². The maximum atomic E-state index is 6.16. The van der Waals surface area contributed by atoms with Crippen molar-refractivity contribution in [2.45, 2.75) is 37.5 Å². The van der Waals surface area contributed by atoms with E-state index >= 15 is 0 Å². The van der Waals surface area contributed by atoms with E-state index in [4.69, 9.17) is 35.4 Å². The van der Waals surface area contributed by atoms with Crippen molar-refractivity contribution in [2.24, 2.45) is 0 Å². The third-order valence-corrected chi connectivity index (χ3v) is 6.14. The zero-order chi connectivity index (χ0) is 14.3. The fraction of sp³-hybridized carbons (Fsp3) is 0.500. The van der Waals surface area contributed by atoms with Crippen LogP contribution in [0.1, 0.15) is 32.2 Å². The van der Waals surface area contributed by atoms with E-state index in [0.717, 1.165) is 21.1 Å². The summed E-state index contributed by atoms with van der Waals surface area (Å²) >= 11 is 19.8. The molecule has 0 spiro atoms. The fourth-order valence-corrected chi connectivity index (χ4v) is 4.83. The topological polar surface area (TPSA) is 20.7 Å². The number of fused-ring (bicyclic) bond motifs is 1. The van der Waals surface area contributed by atoms with Gasteiger partial charge in [-0.05, 0) is 49.4 Å². The van der Waals surface area contributed by atoms with E-state index in [-0.39, 0.29) is 0 Å². The van der Waals surface area contributed by atoms with Gasteiger partial charge in [0.05, 0.1) is 21.1 Å². The van der Waals surface area contributed by atoms with Gasteiger partial charge in [-0.2, -0.15) is 11.8 Å². The molecule has 20 heavy (non-hydrogen) atoms. The molecule has 6 heteroatoms. The molecule has 1 aromatic carbocycles. The summed E-state index contributed by atoms with van der Waals surface area (Å²) in [6, 6.07) is 4.25. The first-order valence-electron chi connectivity index (χ1n) is 6.81. The van der Waals surface area contributed by atoms with Gasteiger partial charge in [0.15, 0.2) is 4.77 Å². The third kappa shape index (κ3) is 2.63. The van der Waals surface area contributed by atoms with E-state index in [1.165, 1.54) is 25.0 Å². The standard InChI is InChI=1S/C14H16Cl2N2S2/c1-2-20-9-4-3-8(5-9)18-13-7-11(16)10(15)6-12(13)17-14(18)19/h6-9H,2-5H2,1H3,(H,17,19). The normalized spacial score (nSPS) is 22.8. The van der Waals surface area contributed by atoms with Crippen molar-refractivity contribution in [3.63, 3.8) is 0 Å². The number of rotatable bonds is 3. The van der Waals surface area contributed by atoms with Crippen molar-refractivity contribution < 1.29 is 0 Å². The van der Waals surface area contributed by atoms with E-state index in [9.17, 15) is 0 Å². The number of nitrogens with one attached hydrogen (secondary N) is 1. The van der Waals surface area contributed by atoms with Crippen molar-refractivity contribution in [3.8, 4) is 0 Å². The summed E-state index contributed by atoms with van der Waals surface area (Å²) in [4.78, 5) is 3.25. The Morgan fingerprint density at radius 1 is 1.35 bits per heavy atom. The molecule has 0 saturated heterocycles. The Bertz CT molecular complexity index is 692. The van der Waals surface area contributed by atoms with Crippen LogP contribution in [0.15, 0.2) is 12.1 Å². The molecule has 1 heterocycles. The van der Waals surface area contributed by atoms with E-state index in [1.807, 2.05) is 12.1 Å². The van der Waals surface area contributed by atoms with Crippen LogP contribution in [-0.2, 0) is 0 Å². The summed E-state index contributed by atoms with van der Waals surface area (Å²) in [6.45, 7) is 2.22. The van der Waals surface area contributed by atoms with Crippen LogP contribution in [0.25, 0.3) is 11.0 Å². The highest BCUT2D eigenvalue weighted by atomic mass is 35.5. The summed E-state index contributed by atoms with van der Waals surface area (Å²) in [7, 11) is 0. The van der Waals surface area contributed by atoms with Gasteiger partial charge in [-0.1, -0.05) is 30.1 Å². The lowest BCUT2D eigenvalue weighted by molar-refractivity contribution is 0.527. The molecule has 1 aliphatic carbocycles. The smallest absolute Gasteiger partial charge is 0.178 e. The molecule has 108 valence electrons. The lowest BCUT2D eigenvalue weighted by Gasteiger charge is -2.14. The number of halogens is 2. The highest BCUT2D eigenvalue weighted by molar-refractivity contribution is 7.99. The van der Waals surface area contributed by atoms with E-state index in [0.29, 0.717) is 16.1 Å². The van der Waals surface area contributed by atoms with Gasteiger partial charge in [-0.3, -0.25) is 0 Å². The predicted octanol–water partition coefficient (Wildman–Crippen LogP) is 5.85. The molecular weight excluding hydrogens is 331 g/mol. The molecule has 1 saturated carbocycles.